The molecule has 0 saturated heterocycles. The second-order valence-electron chi connectivity index (χ2n) is 1.66. The molecule has 1 amide bonds. The van der Waals surface area contributed by atoms with Crippen LogP contribution >= 0.6 is 0 Å². The molecule has 0 saturated carbocycles. The molecule has 52 valence electrons. The van der Waals surface area contributed by atoms with Crippen LogP contribution < -0.4 is 17.2 Å². The second kappa shape index (κ2) is 2.96. The van der Waals surface area contributed by atoms with E-state index >= 15 is 0 Å². The highest BCUT2D eigenvalue weighted by molar-refractivity contribution is 5.91. The van der Waals surface area contributed by atoms with Crippen LogP contribution in [0.3, 0.4) is 0 Å². The number of carbonyl (C=O) groups is 1. The van der Waals surface area contributed by atoms with Crippen LogP contribution in [-0.2, 0) is 4.79 Å². The van der Waals surface area contributed by atoms with Gasteiger partial charge in [0.2, 0.25) is 0 Å². The molecule has 0 bridgehead atoms. The molecule has 0 unspecified atom stereocenters. The van der Waals surface area contributed by atoms with Crippen molar-refractivity contribution in [3.63, 3.8) is 0 Å². The van der Waals surface area contributed by atoms with Gasteiger partial charge in [-0.3, -0.25) is 4.79 Å². The van der Waals surface area contributed by atoms with E-state index in [0.717, 1.165) is 0 Å². The van der Waals surface area contributed by atoms with Gasteiger partial charge in [0, 0.05) is 5.70 Å². The van der Waals surface area contributed by atoms with Gasteiger partial charge in [-0.1, -0.05) is 6.92 Å². The molecular weight excluding hydrogens is 118 g/mol. The summed E-state index contributed by atoms with van der Waals surface area (Å²) in [5.74, 6) is -0.658. The average molecular weight is 129 g/mol. The van der Waals surface area contributed by atoms with Crippen LogP contribution in [0.1, 0.15) is 13.3 Å². The van der Waals surface area contributed by atoms with Gasteiger partial charge in [0.1, 0.15) is 5.70 Å². The lowest BCUT2D eigenvalue weighted by Crippen LogP contribution is -2.24. The SMILES string of the molecule is CC/C(N)=C(/N)C(N)=O. The molecule has 4 nitrogen and oxygen atoms in total. The standard InChI is InChI=1S/C5H11N3O/c1-2-3(6)4(7)5(8)9/h2,6-7H2,1H3,(H2,8,9)/b4-3-. The minimum absolute atomic E-state index is 0.0301. The lowest BCUT2D eigenvalue weighted by atomic mass is 10.3. The van der Waals surface area contributed by atoms with Crippen molar-refractivity contribution in [3.05, 3.63) is 11.4 Å². The summed E-state index contributed by atoms with van der Waals surface area (Å²) in [4.78, 5) is 10.3. The fourth-order valence-electron chi connectivity index (χ4n) is 0.349. The lowest BCUT2D eigenvalue weighted by Gasteiger charge is -1.98. The fourth-order valence-corrected chi connectivity index (χ4v) is 0.349. The molecular formula is C5H11N3O. The fraction of sp³-hybridized carbons (Fsp3) is 0.400. The third kappa shape index (κ3) is 2.03. The predicted molar refractivity (Wildman–Crippen MR) is 34.9 cm³/mol. The molecule has 0 fully saturated rings. The Kier molecular flexibility index (Phi) is 2.57. The van der Waals surface area contributed by atoms with Gasteiger partial charge in [0.05, 0.1) is 0 Å². The average Bonchev–Trinajstić information content (AvgIpc) is 1.84. The number of hydrogen-bond acceptors (Lipinski definition) is 3. The zero-order valence-corrected chi connectivity index (χ0v) is 5.35. The van der Waals surface area contributed by atoms with Gasteiger partial charge in [-0.15, -0.1) is 0 Å². The summed E-state index contributed by atoms with van der Waals surface area (Å²) in [6.07, 6.45) is 0.550. The Labute approximate surface area is 53.7 Å². The first-order chi connectivity index (χ1) is 4.09. The van der Waals surface area contributed by atoms with Crippen LogP contribution in [0.2, 0.25) is 0 Å². The maximum atomic E-state index is 10.3. The van der Waals surface area contributed by atoms with Crippen LogP contribution in [-0.4, -0.2) is 5.91 Å². The summed E-state index contributed by atoms with van der Waals surface area (Å²) < 4.78 is 0. The summed E-state index contributed by atoms with van der Waals surface area (Å²) in [5, 5.41) is 0. The quantitative estimate of drug-likeness (QED) is 0.418. The molecule has 0 heterocycles. The van der Waals surface area contributed by atoms with Crippen LogP contribution in [0.15, 0.2) is 11.4 Å². The van der Waals surface area contributed by atoms with Crippen molar-refractivity contribution in [2.24, 2.45) is 17.2 Å². The van der Waals surface area contributed by atoms with Crippen LogP contribution in [0.5, 0.6) is 0 Å². The maximum Gasteiger partial charge on any atom is 0.266 e. The molecule has 0 rings (SSSR count). The van der Waals surface area contributed by atoms with Crippen LogP contribution in [0, 0.1) is 0 Å². The highest BCUT2D eigenvalue weighted by Crippen LogP contribution is 1.93. The van der Waals surface area contributed by atoms with Gasteiger partial charge in [-0.2, -0.15) is 0 Å². The second-order valence-corrected chi connectivity index (χ2v) is 1.66. The molecule has 9 heavy (non-hydrogen) atoms. The molecule has 0 aliphatic heterocycles. The number of amides is 1. The molecule has 0 aliphatic rings. The highest BCUT2D eigenvalue weighted by Gasteiger charge is 2.01. The summed E-state index contributed by atoms with van der Waals surface area (Å²) in [7, 11) is 0. The Balaban J connectivity index is 4.28. The van der Waals surface area contributed by atoms with E-state index in [9.17, 15) is 4.79 Å². The molecule has 6 N–H and O–H groups in total. The monoisotopic (exact) mass is 129 g/mol. The topological polar surface area (TPSA) is 95.1 Å². The van der Waals surface area contributed by atoms with Gasteiger partial charge in [0.25, 0.3) is 5.91 Å². The number of primary amides is 1. The zero-order chi connectivity index (χ0) is 7.44. The molecule has 0 radical (unpaired) electrons. The number of rotatable bonds is 2. The predicted octanol–water partition coefficient (Wildman–Crippen LogP) is -0.989. The normalized spacial score (nSPS) is 12.6. The first kappa shape index (κ1) is 7.81. The molecule has 0 aliphatic carbocycles. The van der Waals surface area contributed by atoms with E-state index in [4.69, 9.17) is 17.2 Å². The van der Waals surface area contributed by atoms with E-state index in [1.54, 1.807) is 6.92 Å². The van der Waals surface area contributed by atoms with Gasteiger partial charge in [0.15, 0.2) is 0 Å². The van der Waals surface area contributed by atoms with Crippen molar-refractivity contribution in [3.8, 4) is 0 Å². The Morgan fingerprint density at radius 2 is 1.78 bits per heavy atom. The number of allylic oxidation sites excluding steroid dienone is 1. The Hall–Kier alpha value is -1.19. The minimum atomic E-state index is -0.658. The summed E-state index contributed by atoms with van der Waals surface area (Å²) >= 11 is 0. The molecule has 0 spiro atoms. The van der Waals surface area contributed by atoms with Gasteiger partial charge >= 0.3 is 0 Å². The minimum Gasteiger partial charge on any atom is -0.400 e. The van der Waals surface area contributed by atoms with Crippen molar-refractivity contribution in [1.29, 1.82) is 0 Å². The Morgan fingerprint density at radius 3 is 1.89 bits per heavy atom. The molecule has 4 heteroatoms. The van der Waals surface area contributed by atoms with E-state index in [-0.39, 0.29) is 5.70 Å². The van der Waals surface area contributed by atoms with Gasteiger partial charge in [-0.25, -0.2) is 0 Å². The molecule has 0 atom stereocenters. The zero-order valence-electron chi connectivity index (χ0n) is 5.35. The first-order valence-corrected chi connectivity index (χ1v) is 2.63. The van der Waals surface area contributed by atoms with E-state index in [2.05, 4.69) is 0 Å². The number of carbonyl (C=O) groups excluding carboxylic acids is 1. The van der Waals surface area contributed by atoms with Crippen LogP contribution in [0.25, 0.3) is 0 Å². The van der Waals surface area contributed by atoms with Gasteiger partial charge < -0.3 is 17.2 Å². The Bertz CT molecular complexity index is 150. The summed E-state index contributed by atoms with van der Waals surface area (Å²) in [6, 6.07) is 0. The van der Waals surface area contributed by atoms with Crippen molar-refractivity contribution >= 4 is 5.91 Å². The number of nitrogens with two attached hydrogens (primary N) is 3. The van der Waals surface area contributed by atoms with E-state index in [1.165, 1.54) is 0 Å². The summed E-state index contributed by atoms with van der Waals surface area (Å²) in [6.45, 7) is 1.80. The summed E-state index contributed by atoms with van der Waals surface area (Å²) in [5.41, 5.74) is 15.6. The Morgan fingerprint density at radius 1 is 1.33 bits per heavy atom. The maximum absolute atomic E-state index is 10.3. The van der Waals surface area contributed by atoms with Crippen LogP contribution in [0.4, 0.5) is 0 Å². The van der Waals surface area contributed by atoms with E-state index in [1.807, 2.05) is 0 Å². The molecule has 0 aromatic rings. The third-order valence-electron chi connectivity index (χ3n) is 0.992. The van der Waals surface area contributed by atoms with Crippen molar-refractivity contribution in [1.82, 2.24) is 0 Å². The lowest BCUT2D eigenvalue weighted by molar-refractivity contribution is -0.114. The number of hydrogen-bond donors (Lipinski definition) is 3. The van der Waals surface area contributed by atoms with Crippen molar-refractivity contribution < 1.29 is 4.79 Å². The third-order valence-corrected chi connectivity index (χ3v) is 0.992. The van der Waals surface area contributed by atoms with E-state index < -0.39 is 5.91 Å². The van der Waals surface area contributed by atoms with Gasteiger partial charge in [-0.05, 0) is 6.42 Å². The smallest absolute Gasteiger partial charge is 0.266 e. The van der Waals surface area contributed by atoms with Crippen molar-refractivity contribution in [2.45, 2.75) is 13.3 Å². The largest absolute Gasteiger partial charge is 0.400 e. The molecule has 0 aromatic carbocycles. The first-order valence-electron chi connectivity index (χ1n) is 2.63. The highest BCUT2D eigenvalue weighted by atomic mass is 16.1. The van der Waals surface area contributed by atoms with E-state index in [0.29, 0.717) is 12.1 Å². The van der Waals surface area contributed by atoms with Crippen molar-refractivity contribution in [2.75, 3.05) is 0 Å². The molecule has 0 aromatic heterocycles.